The molecule has 2 aromatic rings. The van der Waals surface area contributed by atoms with E-state index in [1.54, 1.807) is 12.1 Å². The molecule has 138 valence electrons. The number of carbonyl (C=O) groups is 2. The zero-order valence-corrected chi connectivity index (χ0v) is 16.3. The third-order valence-corrected chi connectivity index (χ3v) is 4.50. The van der Waals surface area contributed by atoms with Gasteiger partial charge in [-0.05, 0) is 61.0 Å². The molecule has 2 aromatic carbocycles. The highest BCUT2D eigenvalue weighted by Gasteiger charge is 2.29. The lowest BCUT2D eigenvalue weighted by molar-refractivity contribution is -0.154. The molecule has 0 atom stereocenters. The van der Waals surface area contributed by atoms with E-state index in [-0.39, 0.29) is 5.97 Å². The normalized spacial score (nSPS) is 11.2. The number of hydrogen-bond acceptors (Lipinski definition) is 3. The van der Waals surface area contributed by atoms with Gasteiger partial charge in [0.05, 0.1) is 12.0 Å². The van der Waals surface area contributed by atoms with Crippen LogP contribution in [0.25, 0.3) is 11.1 Å². The molecule has 2 rings (SSSR count). The third kappa shape index (κ3) is 5.43. The van der Waals surface area contributed by atoms with E-state index < -0.39 is 10.7 Å². The van der Waals surface area contributed by atoms with Crippen LogP contribution in [0.2, 0.25) is 0 Å². The summed E-state index contributed by atoms with van der Waals surface area (Å²) in [5, 5.41) is -0.473. The maximum Gasteiger partial charge on any atom is 0.311 e. The summed E-state index contributed by atoms with van der Waals surface area (Å²) in [7, 11) is 0. The van der Waals surface area contributed by atoms with Gasteiger partial charge in [-0.3, -0.25) is 9.59 Å². The van der Waals surface area contributed by atoms with Gasteiger partial charge < -0.3 is 4.74 Å². The molecule has 0 amide bonds. The van der Waals surface area contributed by atoms with Crippen molar-refractivity contribution >= 4 is 22.8 Å². The molecule has 0 spiro atoms. The summed E-state index contributed by atoms with van der Waals surface area (Å²) in [6.45, 7) is 6.34. The standard InChI is InChI=1S/C22H25ClO3/c1-4-5-12-26-21(25)22(2,3)15-16-8-6-9-17(13-16)18-10-7-11-19(14-18)20(23)24/h6-11,13-14H,4-5,12,15H2,1-3H3. The Morgan fingerprint density at radius 2 is 1.69 bits per heavy atom. The molecule has 0 aliphatic heterocycles. The monoisotopic (exact) mass is 372 g/mol. The quantitative estimate of drug-likeness (QED) is 0.342. The number of carbonyl (C=O) groups excluding carboxylic acids is 2. The molecular weight excluding hydrogens is 348 g/mol. The summed E-state index contributed by atoms with van der Waals surface area (Å²) in [4.78, 5) is 23.7. The third-order valence-electron chi connectivity index (χ3n) is 4.28. The predicted molar refractivity (Wildman–Crippen MR) is 105 cm³/mol. The van der Waals surface area contributed by atoms with Gasteiger partial charge in [0.2, 0.25) is 0 Å². The average molecular weight is 373 g/mol. The smallest absolute Gasteiger partial charge is 0.311 e. The summed E-state index contributed by atoms with van der Waals surface area (Å²) in [5.41, 5.74) is 2.82. The van der Waals surface area contributed by atoms with Gasteiger partial charge in [-0.2, -0.15) is 0 Å². The first-order chi connectivity index (χ1) is 12.3. The van der Waals surface area contributed by atoms with E-state index in [1.807, 2.05) is 50.2 Å². The number of unbranched alkanes of at least 4 members (excludes halogenated alkanes) is 1. The van der Waals surface area contributed by atoms with Gasteiger partial charge in [0.15, 0.2) is 0 Å². The summed E-state index contributed by atoms with van der Waals surface area (Å²) in [5.74, 6) is -0.175. The lowest BCUT2D eigenvalue weighted by Crippen LogP contribution is -2.29. The topological polar surface area (TPSA) is 43.4 Å². The zero-order valence-electron chi connectivity index (χ0n) is 15.5. The molecular formula is C22H25ClO3. The second kappa shape index (κ2) is 9.00. The highest BCUT2D eigenvalue weighted by molar-refractivity contribution is 6.67. The fourth-order valence-corrected chi connectivity index (χ4v) is 2.89. The minimum Gasteiger partial charge on any atom is -0.465 e. The predicted octanol–water partition coefficient (Wildman–Crippen LogP) is 5.64. The molecule has 0 saturated heterocycles. The molecule has 0 heterocycles. The highest BCUT2D eigenvalue weighted by Crippen LogP contribution is 2.27. The SMILES string of the molecule is CCCCOC(=O)C(C)(C)Cc1cccc(-c2cccc(C(=O)Cl)c2)c1. The van der Waals surface area contributed by atoms with Crippen LogP contribution < -0.4 is 0 Å². The van der Waals surface area contributed by atoms with Gasteiger partial charge in [-0.15, -0.1) is 0 Å². The number of hydrogen-bond donors (Lipinski definition) is 0. The van der Waals surface area contributed by atoms with Gasteiger partial charge in [-0.1, -0.05) is 55.8 Å². The van der Waals surface area contributed by atoms with Crippen LogP contribution in [0.3, 0.4) is 0 Å². The van der Waals surface area contributed by atoms with Crippen molar-refractivity contribution in [1.82, 2.24) is 0 Å². The summed E-state index contributed by atoms with van der Waals surface area (Å²) in [6.07, 6.45) is 2.46. The van der Waals surface area contributed by atoms with Crippen molar-refractivity contribution in [2.45, 2.75) is 40.0 Å². The van der Waals surface area contributed by atoms with Crippen LogP contribution in [0, 0.1) is 5.41 Å². The van der Waals surface area contributed by atoms with Crippen molar-refractivity contribution in [3.63, 3.8) is 0 Å². The van der Waals surface area contributed by atoms with Gasteiger partial charge in [0, 0.05) is 5.56 Å². The lowest BCUT2D eigenvalue weighted by atomic mass is 9.85. The molecule has 26 heavy (non-hydrogen) atoms. The maximum atomic E-state index is 12.3. The van der Waals surface area contributed by atoms with Crippen LogP contribution >= 0.6 is 11.6 Å². The molecule has 3 nitrogen and oxygen atoms in total. The van der Waals surface area contributed by atoms with E-state index in [9.17, 15) is 9.59 Å². The molecule has 4 heteroatoms. The van der Waals surface area contributed by atoms with Crippen LogP contribution in [0.1, 0.15) is 49.5 Å². The van der Waals surface area contributed by atoms with Gasteiger partial charge in [0.1, 0.15) is 0 Å². The van der Waals surface area contributed by atoms with E-state index in [2.05, 4.69) is 6.92 Å². The first kappa shape index (κ1) is 20.2. The van der Waals surface area contributed by atoms with E-state index >= 15 is 0 Å². The van der Waals surface area contributed by atoms with Gasteiger partial charge >= 0.3 is 5.97 Å². The van der Waals surface area contributed by atoms with E-state index in [4.69, 9.17) is 16.3 Å². The van der Waals surface area contributed by atoms with Crippen LogP contribution in [0.15, 0.2) is 48.5 Å². The number of halogens is 1. The van der Waals surface area contributed by atoms with E-state index in [1.165, 1.54) is 0 Å². The lowest BCUT2D eigenvalue weighted by Gasteiger charge is -2.23. The Morgan fingerprint density at radius 3 is 2.35 bits per heavy atom. The van der Waals surface area contributed by atoms with Crippen molar-refractivity contribution in [1.29, 1.82) is 0 Å². The minimum atomic E-state index is -0.597. The molecule has 0 radical (unpaired) electrons. The summed E-state index contributed by atoms with van der Waals surface area (Å²) < 4.78 is 5.39. The largest absolute Gasteiger partial charge is 0.465 e. The number of rotatable bonds is 8. The number of benzene rings is 2. The fourth-order valence-electron chi connectivity index (χ4n) is 2.77. The Labute approximate surface area is 160 Å². The zero-order chi connectivity index (χ0) is 19.2. The van der Waals surface area contributed by atoms with Crippen molar-refractivity contribution in [3.8, 4) is 11.1 Å². The Hall–Kier alpha value is -2.13. The Kier molecular flexibility index (Phi) is 6.98. The molecule has 0 saturated carbocycles. The molecule has 0 aliphatic carbocycles. The van der Waals surface area contributed by atoms with Gasteiger partial charge in [-0.25, -0.2) is 0 Å². The molecule has 0 fully saturated rings. The molecule has 0 bridgehead atoms. The first-order valence-electron chi connectivity index (χ1n) is 8.90. The summed E-state index contributed by atoms with van der Waals surface area (Å²) >= 11 is 5.58. The number of esters is 1. The molecule has 0 aromatic heterocycles. The average Bonchev–Trinajstić information content (AvgIpc) is 2.61. The minimum absolute atomic E-state index is 0.175. The van der Waals surface area contributed by atoms with Crippen LogP contribution in [-0.2, 0) is 16.0 Å². The Balaban J connectivity index is 2.17. The number of ether oxygens (including phenoxy) is 1. The maximum absolute atomic E-state index is 12.3. The van der Waals surface area contributed by atoms with Crippen molar-refractivity contribution in [2.75, 3.05) is 6.61 Å². The van der Waals surface area contributed by atoms with E-state index in [0.29, 0.717) is 18.6 Å². The fraction of sp³-hybridized carbons (Fsp3) is 0.364. The molecule has 0 N–H and O–H groups in total. The van der Waals surface area contributed by atoms with Crippen molar-refractivity contribution in [2.24, 2.45) is 5.41 Å². The Morgan fingerprint density at radius 1 is 1.04 bits per heavy atom. The van der Waals surface area contributed by atoms with Gasteiger partial charge in [0.25, 0.3) is 5.24 Å². The molecule has 0 unspecified atom stereocenters. The van der Waals surface area contributed by atoms with Crippen LogP contribution in [0.4, 0.5) is 0 Å². The highest BCUT2D eigenvalue weighted by atomic mass is 35.5. The second-order valence-corrected chi connectivity index (χ2v) is 7.45. The Bertz CT molecular complexity index is 780. The second-order valence-electron chi connectivity index (χ2n) is 7.11. The molecule has 0 aliphatic rings. The summed E-state index contributed by atoms with van der Waals surface area (Å²) in [6, 6.07) is 15.2. The van der Waals surface area contributed by atoms with Crippen LogP contribution in [0.5, 0.6) is 0 Å². The first-order valence-corrected chi connectivity index (χ1v) is 9.27. The van der Waals surface area contributed by atoms with Crippen molar-refractivity contribution in [3.05, 3.63) is 59.7 Å². The van der Waals surface area contributed by atoms with E-state index in [0.717, 1.165) is 29.5 Å². The van der Waals surface area contributed by atoms with Crippen LogP contribution in [-0.4, -0.2) is 17.8 Å². The van der Waals surface area contributed by atoms with Crippen molar-refractivity contribution < 1.29 is 14.3 Å².